The van der Waals surface area contributed by atoms with Crippen LogP contribution in [0.2, 0.25) is 0 Å². The minimum Gasteiger partial charge on any atom is -0.478 e. The van der Waals surface area contributed by atoms with Crippen molar-refractivity contribution in [3.63, 3.8) is 0 Å². The van der Waals surface area contributed by atoms with E-state index in [0.717, 1.165) is 38.8 Å². The number of carbonyl (C=O) groups is 1. The maximum Gasteiger partial charge on any atom is 0.335 e. The van der Waals surface area contributed by atoms with E-state index in [9.17, 15) is 4.79 Å². The summed E-state index contributed by atoms with van der Waals surface area (Å²) in [5.41, 5.74) is 6.23. The van der Waals surface area contributed by atoms with E-state index >= 15 is 0 Å². The van der Waals surface area contributed by atoms with Gasteiger partial charge in [0, 0.05) is 12.2 Å². The third-order valence-corrected chi connectivity index (χ3v) is 3.67. The molecule has 0 saturated carbocycles. The zero-order chi connectivity index (χ0) is 19.5. The van der Waals surface area contributed by atoms with Crippen LogP contribution in [0.4, 0.5) is 17.6 Å². The SMILES string of the molecule is CCOc1nc(NCCCCCCN)nc(Nc2cccc(C(=O)O)c2)n1. The van der Waals surface area contributed by atoms with Gasteiger partial charge < -0.3 is 26.2 Å². The molecule has 0 amide bonds. The lowest BCUT2D eigenvalue weighted by molar-refractivity contribution is 0.0697. The predicted molar refractivity (Wildman–Crippen MR) is 104 cm³/mol. The second-order valence-corrected chi connectivity index (χ2v) is 5.84. The number of hydrogen-bond donors (Lipinski definition) is 4. The Kier molecular flexibility index (Phi) is 8.24. The number of nitrogens with zero attached hydrogens (tertiary/aromatic N) is 3. The van der Waals surface area contributed by atoms with Crippen LogP contribution >= 0.6 is 0 Å². The van der Waals surface area contributed by atoms with Gasteiger partial charge in [-0.3, -0.25) is 0 Å². The Hall–Kier alpha value is -2.94. The zero-order valence-corrected chi connectivity index (χ0v) is 15.4. The molecule has 2 rings (SSSR count). The van der Waals surface area contributed by atoms with E-state index in [4.69, 9.17) is 15.6 Å². The van der Waals surface area contributed by atoms with Crippen molar-refractivity contribution in [2.75, 3.05) is 30.3 Å². The van der Waals surface area contributed by atoms with Crippen LogP contribution in [0.25, 0.3) is 0 Å². The topological polar surface area (TPSA) is 135 Å². The van der Waals surface area contributed by atoms with E-state index in [1.54, 1.807) is 12.1 Å². The van der Waals surface area contributed by atoms with Crippen LogP contribution in [-0.2, 0) is 0 Å². The van der Waals surface area contributed by atoms with Crippen molar-refractivity contribution in [3.8, 4) is 6.01 Å². The number of carboxylic acids is 1. The van der Waals surface area contributed by atoms with Crippen LogP contribution in [0.5, 0.6) is 6.01 Å². The molecule has 0 aliphatic rings. The molecule has 0 bridgehead atoms. The van der Waals surface area contributed by atoms with Crippen LogP contribution in [0, 0.1) is 0 Å². The summed E-state index contributed by atoms with van der Waals surface area (Å²) in [6.45, 7) is 3.72. The summed E-state index contributed by atoms with van der Waals surface area (Å²) >= 11 is 0. The van der Waals surface area contributed by atoms with Crippen molar-refractivity contribution in [1.29, 1.82) is 0 Å². The molecule has 1 heterocycles. The fourth-order valence-corrected chi connectivity index (χ4v) is 2.37. The lowest BCUT2D eigenvalue weighted by Gasteiger charge is -2.10. The van der Waals surface area contributed by atoms with Crippen molar-refractivity contribution < 1.29 is 14.6 Å². The summed E-state index contributed by atoms with van der Waals surface area (Å²) in [5, 5.41) is 15.3. The Labute approximate surface area is 158 Å². The Bertz CT molecular complexity index is 741. The highest BCUT2D eigenvalue weighted by atomic mass is 16.5. The molecule has 0 radical (unpaired) electrons. The van der Waals surface area contributed by atoms with Gasteiger partial charge in [-0.25, -0.2) is 4.79 Å². The van der Waals surface area contributed by atoms with Gasteiger partial charge in [-0.2, -0.15) is 15.0 Å². The third kappa shape index (κ3) is 7.06. The Morgan fingerprint density at radius 1 is 1.15 bits per heavy atom. The standard InChI is InChI=1S/C18H26N6O3/c1-2-27-18-23-16(20-11-6-4-3-5-10-19)22-17(24-18)21-14-9-7-8-13(12-14)15(25)26/h7-9,12H,2-6,10-11,19H2,1H3,(H,25,26)(H2,20,21,22,23,24). The number of ether oxygens (including phenoxy) is 1. The second-order valence-electron chi connectivity index (χ2n) is 5.84. The first-order valence-corrected chi connectivity index (χ1v) is 9.05. The number of nitrogens with one attached hydrogen (secondary N) is 2. The van der Waals surface area contributed by atoms with Gasteiger partial charge in [0.1, 0.15) is 0 Å². The molecule has 1 aromatic heterocycles. The molecule has 5 N–H and O–H groups in total. The molecule has 27 heavy (non-hydrogen) atoms. The molecule has 9 nitrogen and oxygen atoms in total. The molecule has 0 atom stereocenters. The molecule has 0 fully saturated rings. The fraction of sp³-hybridized carbons (Fsp3) is 0.444. The van der Waals surface area contributed by atoms with Crippen LogP contribution in [0.15, 0.2) is 24.3 Å². The molecule has 0 aliphatic heterocycles. The van der Waals surface area contributed by atoms with Gasteiger partial charge in [0.2, 0.25) is 11.9 Å². The number of hydrogen-bond acceptors (Lipinski definition) is 8. The average Bonchev–Trinajstić information content (AvgIpc) is 2.65. The fourth-order valence-electron chi connectivity index (χ4n) is 2.37. The van der Waals surface area contributed by atoms with Crippen molar-refractivity contribution in [2.24, 2.45) is 5.73 Å². The van der Waals surface area contributed by atoms with E-state index < -0.39 is 5.97 Å². The number of nitrogens with two attached hydrogens (primary N) is 1. The number of benzene rings is 1. The smallest absolute Gasteiger partial charge is 0.335 e. The lowest BCUT2D eigenvalue weighted by atomic mass is 10.2. The zero-order valence-electron chi connectivity index (χ0n) is 15.4. The Morgan fingerprint density at radius 2 is 1.93 bits per heavy atom. The highest BCUT2D eigenvalue weighted by Gasteiger charge is 2.09. The summed E-state index contributed by atoms with van der Waals surface area (Å²) in [4.78, 5) is 23.9. The first kappa shape index (κ1) is 20.4. The summed E-state index contributed by atoms with van der Waals surface area (Å²) in [7, 11) is 0. The first-order chi connectivity index (χ1) is 13.1. The number of aromatic carboxylic acids is 1. The quantitative estimate of drug-likeness (QED) is 0.413. The number of unbranched alkanes of at least 4 members (excludes halogenated alkanes) is 3. The van der Waals surface area contributed by atoms with Crippen molar-refractivity contribution >= 4 is 23.6 Å². The van der Waals surface area contributed by atoms with Gasteiger partial charge in [0.05, 0.1) is 12.2 Å². The Balaban J connectivity index is 2.05. The highest BCUT2D eigenvalue weighted by molar-refractivity contribution is 5.89. The lowest BCUT2D eigenvalue weighted by Crippen LogP contribution is -2.10. The van der Waals surface area contributed by atoms with Crippen LogP contribution in [0.3, 0.4) is 0 Å². The first-order valence-electron chi connectivity index (χ1n) is 9.05. The second kappa shape index (κ2) is 10.9. The van der Waals surface area contributed by atoms with Crippen molar-refractivity contribution in [1.82, 2.24) is 15.0 Å². The Morgan fingerprint density at radius 3 is 2.67 bits per heavy atom. The number of aromatic nitrogens is 3. The molecule has 146 valence electrons. The molecule has 0 unspecified atom stereocenters. The van der Waals surface area contributed by atoms with Gasteiger partial charge in [0.15, 0.2) is 0 Å². The van der Waals surface area contributed by atoms with E-state index in [1.807, 2.05) is 6.92 Å². The molecule has 1 aromatic carbocycles. The highest BCUT2D eigenvalue weighted by Crippen LogP contribution is 2.18. The minimum absolute atomic E-state index is 0.176. The number of anilines is 3. The van der Waals surface area contributed by atoms with Crippen molar-refractivity contribution in [2.45, 2.75) is 32.6 Å². The van der Waals surface area contributed by atoms with Gasteiger partial charge in [-0.15, -0.1) is 0 Å². The van der Waals surface area contributed by atoms with Crippen LogP contribution in [-0.4, -0.2) is 45.7 Å². The molecule has 0 spiro atoms. The minimum atomic E-state index is -0.999. The summed E-state index contributed by atoms with van der Waals surface area (Å²) < 4.78 is 5.40. The molecular formula is C18H26N6O3. The van der Waals surface area contributed by atoms with Crippen LogP contribution in [0.1, 0.15) is 43.0 Å². The summed E-state index contributed by atoms with van der Waals surface area (Å²) in [6, 6.07) is 6.62. The van der Waals surface area contributed by atoms with Gasteiger partial charge in [0.25, 0.3) is 0 Å². The van der Waals surface area contributed by atoms with E-state index in [0.29, 0.717) is 18.2 Å². The van der Waals surface area contributed by atoms with Gasteiger partial charge >= 0.3 is 12.0 Å². The van der Waals surface area contributed by atoms with Gasteiger partial charge in [-0.05, 0) is 44.5 Å². The molecule has 0 saturated heterocycles. The molecule has 9 heteroatoms. The van der Waals surface area contributed by atoms with E-state index in [2.05, 4.69) is 25.6 Å². The van der Waals surface area contributed by atoms with Crippen LogP contribution < -0.4 is 21.1 Å². The van der Waals surface area contributed by atoms with Crippen molar-refractivity contribution in [3.05, 3.63) is 29.8 Å². The molecule has 0 aliphatic carbocycles. The van der Waals surface area contributed by atoms with Gasteiger partial charge in [-0.1, -0.05) is 18.9 Å². The molecular weight excluding hydrogens is 348 g/mol. The maximum absolute atomic E-state index is 11.1. The predicted octanol–water partition coefficient (Wildman–Crippen LogP) is 2.64. The normalized spacial score (nSPS) is 10.4. The van der Waals surface area contributed by atoms with E-state index in [-0.39, 0.29) is 17.5 Å². The monoisotopic (exact) mass is 374 g/mol. The third-order valence-electron chi connectivity index (χ3n) is 3.67. The summed E-state index contributed by atoms with van der Waals surface area (Å²) in [5.74, 6) is -0.313. The number of rotatable bonds is 12. The summed E-state index contributed by atoms with van der Waals surface area (Å²) in [6.07, 6.45) is 4.20. The average molecular weight is 374 g/mol. The molecule has 2 aromatic rings. The number of carboxylic acid groups (broad SMARTS) is 1. The maximum atomic E-state index is 11.1. The largest absolute Gasteiger partial charge is 0.478 e. The van der Waals surface area contributed by atoms with E-state index in [1.165, 1.54) is 12.1 Å².